The summed E-state index contributed by atoms with van der Waals surface area (Å²) in [6.45, 7) is 2.55. The number of esters is 1. The topological polar surface area (TPSA) is 81.4 Å². The normalized spacial score (nSPS) is 10.0. The summed E-state index contributed by atoms with van der Waals surface area (Å²) >= 11 is 3.28. The average Bonchev–Trinajstić information content (AvgIpc) is 2.34. The van der Waals surface area contributed by atoms with Gasteiger partial charge in [0.15, 0.2) is 0 Å². The van der Waals surface area contributed by atoms with E-state index in [1.807, 2.05) is 0 Å². The van der Waals surface area contributed by atoms with Gasteiger partial charge in [-0.3, -0.25) is 9.59 Å². The fourth-order valence-corrected chi connectivity index (χ4v) is 1.88. The molecule has 19 heavy (non-hydrogen) atoms. The Morgan fingerprint density at radius 1 is 1.42 bits per heavy atom. The first-order valence-corrected chi connectivity index (χ1v) is 6.82. The van der Waals surface area contributed by atoms with Gasteiger partial charge in [-0.1, -0.05) is 15.9 Å². The van der Waals surface area contributed by atoms with Crippen LogP contribution in [0.25, 0.3) is 0 Å². The van der Waals surface area contributed by atoms with Crippen molar-refractivity contribution in [2.45, 2.75) is 19.8 Å². The number of ether oxygens (including phenoxy) is 1. The van der Waals surface area contributed by atoms with Crippen LogP contribution in [0.15, 0.2) is 22.7 Å². The highest BCUT2D eigenvalue weighted by atomic mass is 79.9. The highest BCUT2D eigenvalue weighted by molar-refractivity contribution is 9.10. The molecule has 1 aromatic rings. The Kier molecular flexibility index (Phi) is 6.35. The summed E-state index contributed by atoms with van der Waals surface area (Å²) in [5.74, 6) is -0.492. The molecule has 1 aromatic carbocycles. The van der Waals surface area contributed by atoms with E-state index in [0.29, 0.717) is 37.2 Å². The molecule has 0 fully saturated rings. The minimum absolute atomic E-state index is 0.242. The van der Waals surface area contributed by atoms with Gasteiger partial charge in [0.05, 0.1) is 12.2 Å². The molecule has 1 amide bonds. The summed E-state index contributed by atoms with van der Waals surface area (Å²) in [6.07, 6.45) is 0.838. The molecular weight excluding hydrogens is 312 g/mol. The zero-order valence-electron chi connectivity index (χ0n) is 10.7. The molecule has 0 unspecified atom stereocenters. The van der Waals surface area contributed by atoms with E-state index >= 15 is 0 Å². The fraction of sp³-hybridized carbons (Fsp3) is 0.385. The zero-order valence-corrected chi connectivity index (χ0v) is 12.3. The molecule has 5 nitrogen and oxygen atoms in total. The van der Waals surface area contributed by atoms with Gasteiger partial charge < -0.3 is 15.8 Å². The van der Waals surface area contributed by atoms with Crippen LogP contribution in [0.1, 0.15) is 30.1 Å². The Hall–Kier alpha value is -1.56. The first-order valence-electron chi connectivity index (χ1n) is 6.03. The highest BCUT2D eigenvalue weighted by Crippen LogP contribution is 2.18. The number of hydrogen-bond acceptors (Lipinski definition) is 4. The van der Waals surface area contributed by atoms with E-state index in [-0.39, 0.29) is 11.9 Å². The quantitative estimate of drug-likeness (QED) is 0.476. The van der Waals surface area contributed by atoms with E-state index in [4.69, 9.17) is 10.5 Å². The molecule has 0 bridgehead atoms. The largest absolute Gasteiger partial charge is 0.466 e. The number of nitrogens with two attached hydrogens (primary N) is 1. The van der Waals surface area contributed by atoms with Gasteiger partial charge >= 0.3 is 5.97 Å². The maximum absolute atomic E-state index is 11.8. The summed E-state index contributed by atoms with van der Waals surface area (Å²) in [4.78, 5) is 22.9. The van der Waals surface area contributed by atoms with Crippen molar-refractivity contribution < 1.29 is 14.3 Å². The number of benzene rings is 1. The Labute approximate surface area is 120 Å². The minimum Gasteiger partial charge on any atom is -0.466 e. The number of amides is 1. The standard InChI is InChI=1S/C13H17BrN2O3/c1-2-19-12(17)4-3-7-16-13(18)10-6-5-9(14)8-11(10)15/h5-6,8H,2-4,7,15H2,1H3,(H,16,18). The SMILES string of the molecule is CCOC(=O)CCCNC(=O)c1ccc(Br)cc1N. The van der Waals surface area contributed by atoms with E-state index in [0.717, 1.165) is 4.47 Å². The van der Waals surface area contributed by atoms with Gasteiger partial charge in [-0.05, 0) is 31.5 Å². The van der Waals surface area contributed by atoms with Crippen molar-refractivity contribution in [2.75, 3.05) is 18.9 Å². The Bertz CT molecular complexity index is 463. The molecule has 0 aliphatic carbocycles. The van der Waals surface area contributed by atoms with Crippen molar-refractivity contribution in [1.82, 2.24) is 5.32 Å². The summed E-state index contributed by atoms with van der Waals surface area (Å²) in [7, 11) is 0. The van der Waals surface area contributed by atoms with Crippen molar-refractivity contribution in [2.24, 2.45) is 0 Å². The number of carbonyl (C=O) groups is 2. The van der Waals surface area contributed by atoms with Crippen LogP contribution in [0, 0.1) is 0 Å². The monoisotopic (exact) mass is 328 g/mol. The predicted octanol–water partition coefficient (Wildman–Crippen LogP) is 2.10. The van der Waals surface area contributed by atoms with Crippen molar-refractivity contribution in [1.29, 1.82) is 0 Å². The summed E-state index contributed by atoms with van der Waals surface area (Å²) < 4.78 is 5.61. The number of halogens is 1. The minimum atomic E-state index is -0.250. The molecule has 0 spiro atoms. The zero-order chi connectivity index (χ0) is 14.3. The Morgan fingerprint density at radius 2 is 2.16 bits per heavy atom. The van der Waals surface area contributed by atoms with Gasteiger partial charge in [0.25, 0.3) is 5.91 Å². The van der Waals surface area contributed by atoms with Gasteiger partial charge in [-0.25, -0.2) is 0 Å². The lowest BCUT2D eigenvalue weighted by atomic mass is 10.1. The van der Waals surface area contributed by atoms with Crippen molar-refractivity contribution in [3.63, 3.8) is 0 Å². The van der Waals surface area contributed by atoms with E-state index in [2.05, 4.69) is 21.2 Å². The molecule has 0 heterocycles. The highest BCUT2D eigenvalue weighted by Gasteiger charge is 2.09. The van der Waals surface area contributed by atoms with E-state index in [1.165, 1.54) is 0 Å². The van der Waals surface area contributed by atoms with Crippen LogP contribution in [0.2, 0.25) is 0 Å². The number of rotatable bonds is 6. The molecule has 0 aromatic heterocycles. The summed E-state index contributed by atoms with van der Waals surface area (Å²) in [5.41, 5.74) is 6.59. The number of carbonyl (C=O) groups excluding carboxylic acids is 2. The van der Waals surface area contributed by atoms with E-state index in [1.54, 1.807) is 25.1 Å². The number of hydrogen-bond donors (Lipinski definition) is 2. The third kappa shape index (κ3) is 5.30. The maximum Gasteiger partial charge on any atom is 0.305 e. The van der Waals surface area contributed by atoms with Crippen molar-refractivity contribution >= 4 is 33.5 Å². The molecular formula is C13H17BrN2O3. The Balaban J connectivity index is 2.37. The van der Waals surface area contributed by atoms with Crippen LogP contribution in [0.5, 0.6) is 0 Å². The molecule has 0 saturated carbocycles. The molecule has 104 valence electrons. The summed E-state index contributed by atoms with van der Waals surface area (Å²) in [5, 5.41) is 2.71. The van der Waals surface area contributed by atoms with Gasteiger partial charge in [0.1, 0.15) is 0 Å². The van der Waals surface area contributed by atoms with Gasteiger partial charge in [-0.15, -0.1) is 0 Å². The fourth-order valence-electron chi connectivity index (χ4n) is 1.50. The van der Waals surface area contributed by atoms with Crippen LogP contribution >= 0.6 is 15.9 Å². The van der Waals surface area contributed by atoms with E-state index in [9.17, 15) is 9.59 Å². The average molecular weight is 329 g/mol. The van der Waals surface area contributed by atoms with Crippen LogP contribution < -0.4 is 11.1 Å². The first kappa shape index (κ1) is 15.5. The van der Waals surface area contributed by atoms with Gasteiger partial charge in [0.2, 0.25) is 0 Å². The Morgan fingerprint density at radius 3 is 2.79 bits per heavy atom. The smallest absolute Gasteiger partial charge is 0.305 e. The predicted molar refractivity (Wildman–Crippen MR) is 76.8 cm³/mol. The van der Waals surface area contributed by atoms with Crippen LogP contribution in [0.3, 0.4) is 0 Å². The maximum atomic E-state index is 11.8. The third-order valence-corrected chi connectivity index (χ3v) is 2.90. The molecule has 6 heteroatoms. The van der Waals surface area contributed by atoms with Crippen molar-refractivity contribution in [3.8, 4) is 0 Å². The lowest BCUT2D eigenvalue weighted by Gasteiger charge is -2.07. The molecule has 0 aliphatic rings. The first-order chi connectivity index (χ1) is 9.04. The second kappa shape index (κ2) is 7.78. The van der Waals surface area contributed by atoms with Gasteiger partial charge in [0, 0.05) is 23.1 Å². The molecule has 0 aliphatic heterocycles. The van der Waals surface area contributed by atoms with Crippen LogP contribution in [-0.4, -0.2) is 25.0 Å². The second-order valence-electron chi connectivity index (χ2n) is 3.90. The van der Waals surface area contributed by atoms with Crippen LogP contribution in [-0.2, 0) is 9.53 Å². The second-order valence-corrected chi connectivity index (χ2v) is 4.81. The van der Waals surface area contributed by atoms with E-state index < -0.39 is 0 Å². The lowest BCUT2D eigenvalue weighted by Crippen LogP contribution is -2.25. The number of anilines is 1. The molecule has 0 saturated heterocycles. The summed E-state index contributed by atoms with van der Waals surface area (Å²) in [6, 6.07) is 5.08. The number of nitrogen functional groups attached to an aromatic ring is 1. The van der Waals surface area contributed by atoms with Crippen molar-refractivity contribution in [3.05, 3.63) is 28.2 Å². The molecule has 1 rings (SSSR count). The lowest BCUT2D eigenvalue weighted by molar-refractivity contribution is -0.143. The third-order valence-electron chi connectivity index (χ3n) is 2.41. The van der Waals surface area contributed by atoms with Gasteiger partial charge in [-0.2, -0.15) is 0 Å². The molecule has 3 N–H and O–H groups in total. The van der Waals surface area contributed by atoms with Crippen LogP contribution in [0.4, 0.5) is 5.69 Å². The number of nitrogens with one attached hydrogen (secondary N) is 1. The molecule has 0 atom stereocenters. The molecule has 0 radical (unpaired) electrons.